The first-order valence-electron chi connectivity index (χ1n) is 4.42. The number of aromatic nitrogens is 1. The van der Waals surface area contributed by atoms with E-state index in [2.05, 4.69) is 16.9 Å². The maximum absolute atomic E-state index is 10.3. The molecule has 2 aromatic rings. The number of phenols is 1. The lowest BCUT2D eigenvalue weighted by molar-refractivity contribution is -0.108. The highest BCUT2D eigenvalue weighted by atomic mass is 16.3. The lowest BCUT2D eigenvalue weighted by Crippen LogP contribution is -2.07. The third kappa shape index (κ3) is 1.46. The van der Waals surface area contributed by atoms with Gasteiger partial charge in [-0.1, -0.05) is 6.58 Å². The van der Waals surface area contributed by atoms with Gasteiger partial charge in [0.2, 0.25) is 6.41 Å². The van der Waals surface area contributed by atoms with Crippen molar-refractivity contribution in [3.63, 3.8) is 0 Å². The number of aromatic hydroxyl groups is 1. The lowest BCUT2D eigenvalue weighted by Gasteiger charge is -2.07. The summed E-state index contributed by atoms with van der Waals surface area (Å²) in [5.74, 6) is 0.119. The van der Waals surface area contributed by atoms with E-state index in [9.17, 15) is 9.90 Å². The van der Waals surface area contributed by atoms with Crippen LogP contribution >= 0.6 is 0 Å². The number of benzene rings is 1. The van der Waals surface area contributed by atoms with Crippen LogP contribution in [0.5, 0.6) is 5.75 Å². The van der Waals surface area contributed by atoms with Crippen LogP contribution in [0.15, 0.2) is 31.0 Å². The minimum absolute atomic E-state index is 0.119. The molecule has 1 aromatic heterocycles. The van der Waals surface area contributed by atoms with E-state index in [-0.39, 0.29) is 5.75 Å². The molecule has 4 heteroatoms. The monoisotopic (exact) mass is 202 g/mol. The van der Waals surface area contributed by atoms with Gasteiger partial charge in [-0.15, -0.1) is 0 Å². The van der Waals surface area contributed by atoms with Gasteiger partial charge in [-0.25, -0.2) is 0 Å². The van der Waals surface area contributed by atoms with E-state index in [0.717, 1.165) is 5.52 Å². The van der Waals surface area contributed by atoms with Gasteiger partial charge in [0.05, 0.1) is 0 Å². The predicted molar refractivity (Wildman–Crippen MR) is 58.2 cm³/mol. The Morgan fingerprint density at radius 1 is 1.47 bits per heavy atom. The smallest absolute Gasteiger partial charge is 0.211 e. The molecule has 76 valence electrons. The van der Waals surface area contributed by atoms with Crippen LogP contribution in [0.2, 0.25) is 0 Å². The first kappa shape index (κ1) is 9.33. The standard InChI is InChI=1S/C11H10N2O2/c1-7(13-6-14)8-2-3-10-9(11(8)15)4-5-12-10/h2-6,12,15H,1H2,(H,13,14). The summed E-state index contributed by atoms with van der Waals surface area (Å²) in [6.07, 6.45) is 2.27. The molecule has 4 nitrogen and oxygen atoms in total. The van der Waals surface area contributed by atoms with Crippen LogP contribution in [0.25, 0.3) is 16.6 Å². The number of H-pyrrole nitrogens is 1. The SMILES string of the molecule is C=C(NC=O)c1ccc2[nH]ccc2c1O. The fourth-order valence-corrected chi connectivity index (χ4v) is 1.51. The number of fused-ring (bicyclic) bond motifs is 1. The molecule has 15 heavy (non-hydrogen) atoms. The number of carbonyl (C=O) groups is 1. The molecule has 1 aromatic carbocycles. The number of hydrogen-bond donors (Lipinski definition) is 3. The molecule has 3 N–H and O–H groups in total. The van der Waals surface area contributed by atoms with E-state index >= 15 is 0 Å². The largest absolute Gasteiger partial charge is 0.507 e. The van der Waals surface area contributed by atoms with Crippen molar-refractivity contribution < 1.29 is 9.90 Å². The molecule has 2 rings (SSSR count). The van der Waals surface area contributed by atoms with Gasteiger partial charge in [0, 0.05) is 28.4 Å². The van der Waals surface area contributed by atoms with Crippen molar-refractivity contribution in [2.45, 2.75) is 0 Å². The minimum Gasteiger partial charge on any atom is -0.507 e. The van der Waals surface area contributed by atoms with Crippen molar-refractivity contribution in [3.05, 3.63) is 36.5 Å². The van der Waals surface area contributed by atoms with Crippen LogP contribution in [0.4, 0.5) is 0 Å². The van der Waals surface area contributed by atoms with Gasteiger partial charge >= 0.3 is 0 Å². The van der Waals surface area contributed by atoms with Crippen LogP contribution in [-0.2, 0) is 4.79 Å². The van der Waals surface area contributed by atoms with Crippen LogP contribution in [-0.4, -0.2) is 16.5 Å². The molecule has 0 saturated carbocycles. The third-order valence-electron chi connectivity index (χ3n) is 2.26. The Morgan fingerprint density at radius 2 is 2.27 bits per heavy atom. The highest BCUT2D eigenvalue weighted by molar-refractivity contribution is 5.91. The summed E-state index contributed by atoms with van der Waals surface area (Å²) in [7, 11) is 0. The second-order valence-electron chi connectivity index (χ2n) is 3.14. The van der Waals surface area contributed by atoms with Gasteiger partial charge in [0.15, 0.2) is 0 Å². The van der Waals surface area contributed by atoms with Crippen LogP contribution in [0.3, 0.4) is 0 Å². The molecular formula is C11H10N2O2. The van der Waals surface area contributed by atoms with Gasteiger partial charge in [-0.3, -0.25) is 4.79 Å². The third-order valence-corrected chi connectivity index (χ3v) is 2.26. The van der Waals surface area contributed by atoms with E-state index in [1.54, 1.807) is 18.3 Å². The van der Waals surface area contributed by atoms with Gasteiger partial charge in [0.1, 0.15) is 5.75 Å². The van der Waals surface area contributed by atoms with E-state index in [1.807, 2.05) is 6.07 Å². The quantitative estimate of drug-likeness (QED) is 0.662. The molecule has 0 unspecified atom stereocenters. The predicted octanol–water partition coefficient (Wildman–Crippen LogP) is 1.59. The minimum atomic E-state index is 0.119. The summed E-state index contributed by atoms with van der Waals surface area (Å²) in [6.45, 7) is 3.65. The molecule has 0 saturated heterocycles. The van der Waals surface area contributed by atoms with Gasteiger partial charge in [-0.2, -0.15) is 0 Å². The average molecular weight is 202 g/mol. The number of nitrogens with one attached hydrogen (secondary N) is 2. The molecular weight excluding hydrogens is 192 g/mol. The number of carbonyl (C=O) groups excluding carboxylic acids is 1. The van der Waals surface area contributed by atoms with E-state index in [1.165, 1.54) is 0 Å². The Morgan fingerprint density at radius 3 is 3.00 bits per heavy atom. The number of rotatable bonds is 3. The summed E-state index contributed by atoms with van der Waals surface area (Å²) in [6, 6.07) is 5.29. The number of hydrogen-bond acceptors (Lipinski definition) is 2. The van der Waals surface area contributed by atoms with Crippen LogP contribution in [0, 0.1) is 0 Å². The number of phenolic OH excluding ortho intramolecular Hbond substituents is 1. The van der Waals surface area contributed by atoms with Crippen molar-refractivity contribution in [1.29, 1.82) is 0 Å². The Balaban J connectivity index is 2.56. The van der Waals surface area contributed by atoms with Gasteiger partial charge < -0.3 is 15.4 Å². The lowest BCUT2D eigenvalue weighted by atomic mass is 10.1. The molecule has 0 radical (unpaired) electrons. The zero-order valence-corrected chi connectivity index (χ0v) is 7.95. The van der Waals surface area contributed by atoms with E-state index in [4.69, 9.17) is 0 Å². The zero-order valence-electron chi connectivity index (χ0n) is 7.95. The molecule has 1 heterocycles. The molecule has 0 atom stereocenters. The Kier molecular flexibility index (Phi) is 2.17. The average Bonchev–Trinajstić information content (AvgIpc) is 2.67. The summed E-state index contributed by atoms with van der Waals surface area (Å²) in [5, 5.41) is 13.0. The maximum atomic E-state index is 10.3. The Hall–Kier alpha value is -2.23. The van der Waals surface area contributed by atoms with Crippen molar-refractivity contribution in [1.82, 2.24) is 10.3 Å². The van der Waals surface area contributed by atoms with E-state index < -0.39 is 0 Å². The van der Waals surface area contributed by atoms with E-state index in [0.29, 0.717) is 23.1 Å². The number of aromatic amines is 1. The molecule has 0 spiro atoms. The highest BCUT2D eigenvalue weighted by Gasteiger charge is 2.08. The zero-order chi connectivity index (χ0) is 10.8. The fourth-order valence-electron chi connectivity index (χ4n) is 1.51. The van der Waals surface area contributed by atoms with Crippen molar-refractivity contribution in [3.8, 4) is 5.75 Å². The second-order valence-corrected chi connectivity index (χ2v) is 3.14. The fraction of sp³-hybridized carbons (Fsp3) is 0. The molecule has 0 bridgehead atoms. The normalized spacial score (nSPS) is 10.1. The first-order chi connectivity index (χ1) is 7.24. The number of amides is 1. The van der Waals surface area contributed by atoms with Crippen molar-refractivity contribution >= 4 is 23.0 Å². The molecule has 1 amide bonds. The molecule has 0 aliphatic rings. The van der Waals surface area contributed by atoms with Gasteiger partial charge in [0.25, 0.3) is 0 Å². The molecule has 0 fully saturated rings. The summed E-state index contributed by atoms with van der Waals surface area (Å²) in [5.41, 5.74) is 1.75. The highest BCUT2D eigenvalue weighted by Crippen LogP contribution is 2.30. The van der Waals surface area contributed by atoms with Gasteiger partial charge in [-0.05, 0) is 18.2 Å². The van der Waals surface area contributed by atoms with Crippen LogP contribution in [0.1, 0.15) is 5.56 Å². The summed E-state index contributed by atoms with van der Waals surface area (Å²) < 4.78 is 0. The maximum Gasteiger partial charge on any atom is 0.211 e. The topological polar surface area (TPSA) is 65.1 Å². The molecule has 0 aliphatic carbocycles. The Bertz CT molecular complexity index is 528. The van der Waals surface area contributed by atoms with Crippen LogP contribution < -0.4 is 5.32 Å². The molecule has 0 aliphatic heterocycles. The first-order valence-corrected chi connectivity index (χ1v) is 4.42. The van der Waals surface area contributed by atoms with Crippen molar-refractivity contribution in [2.24, 2.45) is 0 Å². The summed E-state index contributed by atoms with van der Waals surface area (Å²) >= 11 is 0. The second kappa shape index (κ2) is 3.49. The summed E-state index contributed by atoms with van der Waals surface area (Å²) in [4.78, 5) is 13.2. The van der Waals surface area contributed by atoms with Crippen molar-refractivity contribution in [2.75, 3.05) is 0 Å². The Labute approximate surface area is 86.2 Å².